The zero-order valence-electron chi connectivity index (χ0n) is 7.81. The summed E-state index contributed by atoms with van der Waals surface area (Å²) in [5.74, 6) is 2.62. The number of hydrogen-bond acceptors (Lipinski definition) is 0. The van der Waals surface area contributed by atoms with Crippen LogP contribution < -0.4 is 0 Å². The molecule has 1 rings (SSSR count). The molecule has 0 saturated carbocycles. The van der Waals surface area contributed by atoms with E-state index in [-0.39, 0.29) is 0 Å². The second-order valence-electron chi connectivity index (χ2n) is 3.05. The molecule has 0 heterocycles. The Bertz CT molecular complexity index is 320. The van der Waals surface area contributed by atoms with Crippen molar-refractivity contribution in [3.05, 3.63) is 33.8 Å². The molecular weight excluding hydrogens is 224 g/mol. The molecule has 13 heavy (non-hydrogen) atoms. The molecule has 0 unspecified atom stereocenters. The Morgan fingerprint density at radius 1 is 1.46 bits per heavy atom. The van der Waals surface area contributed by atoms with Gasteiger partial charge in [0.05, 0.1) is 0 Å². The third kappa shape index (κ3) is 2.90. The summed E-state index contributed by atoms with van der Waals surface area (Å²) in [6.45, 7) is 2.20. The van der Waals surface area contributed by atoms with Crippen LogP contribution in [-0.2, 0) is 6.42 Å². The third-order valence-electron chi connectivity index (χ3n) is 2.02. The molecule has 0 aromatic heterocycles. The van der Waals surface area contributed by atoms with Gasteiger partial charge in [0.1, 0.15) is 0 Å². The molecule has 0 bridgehead atoms. The van der Waals surface area contributed by atoms with Crippen LogP contribution >= 0.6 is 15.9 Å². The fourth-order valence-electron chi connectivity index (χ4n) is 1.21. The molecule has 0 atom stereocenters. The lowest BCUT2D eigenvalue weighted by Crippen LogP contribution is -1.87. The van der Waals surface area contributed by atoms with Crippen LogP contribution in [0.1, 0.15) is 30.9 Å². The van der Waals surface area contributed by atoms with Crippen LogP contribution in [0.15, 0.2) is 22.7 Å². The molecule has 1 heteroatoms. The summed E-state index contributed by atoms with van der Waals surface area (Å²) < 4.78 is 1.14. The normalized spacial score (nSPS) is 9.62. The Kier molecular flexibility index (Phi) is 4.05. The van der Waals surface area contributed by atoms with Crippen LogP contribution in [0.2, 0.25) is 0 Å². The average Bonchev–Trinajstić information content (AvgIpc) is 2.16. The van der Waals surface area contributed by atoms with Gasteiger partial charge < -0.3 is 0 Å². The van der Waals surface area contributed by atoms with Gasteiger partial charge in [0.2, 0.25) is 0 Å². The molecule has 0 spiro atoms. The Hall–Kier alpha value is -0.740. The standard InChI is InChI=1S/C12H13Br/c1-3-5-6-11-8-7-10(4-2)9-12(11)13/h2,7-9H,3,5-6H2,1H3. The van der Waals surface area contributed by atoms with Gasteiger partial charge in [-0.1, -0.05) is 41.3 Å². The number of terminal acetylenes is 1. The van der Waals surface area contributed by atoms with Crippen molar-refractivity contribution in [2.24, 2.45) is 0 Å². The predicted molar refractivity (Wildman–Crippen MR) is 60.7 cm³/mol. The van der Waals surface area contributed by atoms with E-state index < -0.39 is 0 Å². The van der Waals surface area contributed by atoms with Crippen molar-refractivity contribution in [2.45, 2.75) is 26.2 Å². The Labute approximate surface area is 88.5 Å². The van der Waals surface area contributed by atoms with Gasteiger partial charge in [-0.15, -0.1) is 6.42 Å². The summed E-state index contributed by atoms with van der Waals surface area (Å²) in [5, 5.41) is 0. The topological polar surface area (TPSA) is 0 Å². The average molecular weight is 237 g/mol. The van der Waals surface area contributed by atoms with Crippen LogP contribution in [0.4, 0.5) is 0 Å². The van der Waals surface area contributed by atoms with E-state index in [2.05, 4.69) is 34.8 Å². The van der Waals surface area contributed by atoms with Crippen molar-refractivity contribution in [2.75, 3.05) is 0 Å². The zero-order chi connectivity index (χ0) is 9.68. The molecule has 0 aliphatic heterocycles. The van der Waals surface area contributed by atoms with E-state index in [4.69, 9.17) is 6.42 Å². The first kappa shape index (κ1) is 10.3. The summed E-state index contributed by atoms with van der Waals surface area (Å²) >= 11 is 3.52. The Balaban J connectivity index is 2.81. The van der Waals surface area contributed by atoms with E-state index in [1.807, 2.05) is 12.1 Å². The van der Waals surface area contributed by atoms with Crippen LogP contribution in [0.3, 0.4) is 0 Å². The van der Waals surface area contributed by atoms with Gasteiger partial charge in [-0.2, -0.15) is 0 Å². The first-order chi connectivity index (χ1) is 6.27. The minimum absolute atomic E-state index is 0.937. The Morgan fingerprint density at radius 3 is 2.77 bits per heavy atom. The highest BCUT2D eigenvalue weighted by Crippen LogP contribution is 2.20. The molecule has 68 valence electrons. The van der Waals surface area contributed by atoms with E-state index >= 15 is 0 Å². The fraction of sp³-hybridized carbons (Fsp3) is 0.333. The lowest BCUT2D eigenvalue weighted by Gasteiger charge is -2.03. The number of benzene rings is 1. The van der Waals surface area contributed by atoms with Crippen molar-refractivity contribution in [3.8, 4) is 12.3 Å². The van der Waals surface area contributed by atoms with Crippen LogP contribution in [0, 0.1) is 12.3 Å². The fourth-order valence-corrected chi connectivity index (χ4v) is 1.78. The van der Waals surface area contributed by atoms with E-state index in [0.717, 1.165) is 16.5 Å². The maximum absolute atomic E-state index is 5.30. The van der Waals surface area contributed by atoms with Gasteiger partial charge in [-0.3, -0.25) is 0 Å². The highest BCUT2D eigenvalue weighted by atomic mass is 79.9. The lowest BCUT2D eigenvalue weighted by atomic mass is 10.1. The maximum Gasteiger partial charge on any atom is 0.0254 e. The van der Waals surface area contributed by atoms with Crippen molar-refractivity contribution in [1.29, 1.82) is 0 Å². The van der Waals surface area contributed by atoms with Crippen LogP contribution in [0.25, 0.3) is 0 Å². The summed E-state index contributed by atoms with van der Waals surface area (Å²) in [7, 11) is 0. The highest BCUT2D eigenvalue weighted by Gasteiger charge is 1.99. The second kappa shape index (κ2) is 5.09. The predicted octanol–water partition coefficient (Wildman–Crippen LogP) is 3.77. The van der Waals surface area contributed by atoms with E-state index in [1.165, 1.54) is 18.4 Å². The molecule has 0 amide bonds. The number of unbranched alkanes of at least 4 members (excludes halogenated alkanes) is 1. The second-order valence-corrected chi connectivity index (χ2v) is 3.91. The minimum atomic E-state index is 0.937. The monoisotopic (exact) mass is 236 g/mol. The number of halogens is 1. The van der Waals surface area contributed by atoms with E-state index in [0.29, 0.717) is 0 Å². The molecule has 0 aliphatic carbocycles. The zero-order valence-corrected chi connectivity index (χ0v) is 9.39. The Morgan fingerprint density at radius 2 is 2.23 bits per heavy atom. The molecule has 1 aromatic carbocycles. The van der Waals surface area contributed by atoms with Gasteiger partial charge in [0, 0.05) is 10.0 Å². The molecular formula is C12H13Br. The first-order valence-electron chi connectivity index (χ1n) is 4.53. The third-order valence-corrected chi connectivity index (χ3v) is 2.76. The summed E-state index contributed by atoms with van der Waals surface area (Å²) in [5.41, 5.74) is 2.29. The van der Waals surface area contributed by atoms with Gasteiger partial charge in [0.15, 0.2) is 0 Å². The minimum Gasteiger partial charge on any atom is -0.115 e. The summed E-state index contributed by atoms with van der Waals surface area (Å²) in [4.78, 5) is 0. The molecule has 0 N–H and O–H groups in total. The number of rotatable bonds is 3. The van der Waals surface area contributed by atoms with Gasteiger partial charge >= 0.3 is 0 Å². The molecule has 0 fully saturated rings. The maximum atomic E-state index is 5.30. The first-order valence-corrected chi connectivity index (χ1v) is 5.32. The highest BCUT2D eigenvalue weighted by molar-refractivity contribution is 9.10. The van der Waals surface area contributed by atoms with E-state index in [1.54, 1.807) is 0 Å². The molecule has 0 nitrogen and oxygen atoms in total. The van der Waals surface area contributed by atoms with Gasteiger partial charge in [-0.05, 0) is 30.5 Å². The van der Waals surface area contributed by atoms with Crippen LogP contribution in [0.5, 0.6) is 0 Å². The van der Waals surface area contributed by atoms with Gasteiger partial charge in [0.25, 0.3) is 0 Å². The number of hydrogen-bond donors (Lipinski definition) is 0. The lowest BCUT2D eigenvalue weighted by molar-refractivity contribution is 0.793. The van der Waals surface area contributed by atoms with Crippen molar-refractivity contribution < 1.29 is 0 Å². The summed E-state index contributed by atoms with van der Waals surface area (Å²) in [6.07, 6.45) is 8.88. The molecule has 0 saturated heterocycles. The quantitative estimate of drug-likeness (QED) is 0.702. The van der Waals surface area contributed by atoms with Crippen molar-refractivity contribution in [1.82, 2.24) is 0 Å². The van der Waals surface area contributed by atoms with Crippen molar-refractivity contribution >= 4 is 15.9 Å². The van der Waals surface area contributed by atoms with Gasteiger partial charge in [-0.25, -0.2) is 0 Å². The largest absolute Gasteiger partial charge is 0.115 e. The van der Waals surface area contributed by atoms with E-state index in [9.17, 15) is 0 Å². The summed E-state index contributed by atoms with van der Waals surface area (Å²) in [6, 6.07) is 6.11. The molecule has 0 aliphatic rings. The molecule has 1 aromatic rings. The molecule has 0 radical (unpaired) electrons. The van der Waals surface area contributed by atoms with Crippen molar-refractivity contribution in [3.63, 3.8) is 0 Å². The number of aryl methyl sites for hydroxylation is 1. The SMILES string of the molecule is C#Cc1ccc(CCCC)c(Br)c1. The smallest absolute Gasteiger partial charge is 0.0254 e. The van der Waals surface area contributed by atoms with Crippen LogP contribution in [-0.4, -0.2) is 0 Å².